The average molecular weight is 542 g/mol. The fourth-order valence-electron chi connectivity index (χ4n) is 4.36. The summed E-state index contributed by atoms with van der Waals surface area (Å²) in [6, 6.07) is 12.4. The first kappa shape index (κ1) is 26.6. The van der Waals surface area contributed by atoms with Crippen molar-refractivity contribution in [1.29, 1.82) is 0 Å². The van der Waals surface area contributed by atoms with E-state index < -0.39 is 10.8 Å². The van der Waals surface area contributed by atoms with Crippen LogP contribution >= 0.6 is 22.9 Å². The van der Waals surface area contributed by atoms with E-state index in [9.17, 15) is 19.7 Å². The second kappa shape index (κ2) is 10.9. The van der Waals surface area contributed by atoms with Crippen molar-refractivity contribution in [2.75, 3.05) is 17.2 Å². The second-order valence-electron chi connectivity index (χ2n) is 10.1. The van der Waals surface area contributed by atoms with Crippen molar-refractivity contribution in [3.05, 3.63) is 79.7 Å². The summed E-state index contributed by atoms with van der Waals surface area (Å²) < 4.78 is 5.50. The van der Waals surface area contributed by atoms with Gasteiger partial charge in [0.05, 0.1) is 10.5 Å². The Hall–Kier alpha value is -3.43. The fourth-order valence-corrected chi connectivity index (χ4v) is 5.82. The lowest BCUT2D eigenvalue weighted by Gasteiger charge is -2.33. The molecule has 4 rings (SSSR count). The standard InChI is InChI=1S/C27H28ClN3O5S/c1-27(2,3)16-4-13-21-22(14-16)37-26(24(21)25(33)29-18-7-5-17(28)6-8-18)30-23(32)15-36-20-11-9-19(10-12-20)31(34)35/h5-12,16H,4,13-15H2,1-3H3,(H,29,33)(H,30,32)/t16-/m1/s1. The first-order valence-electron chi connectivity index (χ1n) is 11.9. The molecule has 0 saturated carbocycles. The van der Waals surface area contributed by atoms with Crippen molar-refractivity contribution in [2.45, 2.75) is 40.0 Å². The lowest BCUT2D eigenvalue weighted by atomic mass is 9.72. The molecule has 0 aliphatic heterocycles. The number of hydrogen-bond acceptors (Lipinski definition) is 6. The number of non-ortho nitro benzene ring substituents is 1. The Kier molecular flexibility index (Phi) is 7.85. The number of ether oxygens (including phenoxy) is 1. The number of carbonyl (C=O) groups excluding carboxylic acids is 2. The van der Waals surface area contributed by atoms with Crippen molar-refractivity contribution < 1.29 is 19.2 Å². The summed E-state index contributed by atoms with van der Waals surface area (Å²) in [6.45, 7) is 6.37. The number of halogens is 1. The summed E-state index contributed by atoms with van der Waals surface area (Å²) in [7, 11) is 0. The number of anilines is 2. The molecule has 0 fully saturated rings. The summed E-state index contributed by atoms with van der Waals surface area (Å²) in [5.74, 6) is 0.0882. The Labute approximate surface area is 224 Å². The molecule has 37 heavy (non-hydrogen) atoms. The molecule has 10 heteroatoms. The fraction of sp³-hybridized carbons (Fsp3) is 0.333. The van der Waals surface area contributed by atoms with Crippen LogP contribution in [0.15, 0.2) is 48.5 Å². The molecule has 1 atom stereocenters. The molecular formula is C27H28ClN3O5S. The van der Waals surface area contributed by atoms with E-state index in [0.717, 1.165) is 29.7 Å². The zero-order valence-electron chi connectivity index (χ0n) is 20.8. The van der Waals surface area contributed by atoms with E-state index in [0.29, 0.717) is 32.9 Å². The lowest BCUT2D eigenvalue weighted by molar-refractivity contribution is -0.384. The van der Waals surface area contributed by atoms with Gasteiger partial charge in [0.2, 0.25) is 0 Å². The number of benzene rings is 2. The molecule has 2 amide bonds. The minimum absolute atomic E-state index is 0.0640. The predicted molar refractivity (Wildman–Crippen MR) is 146 cm³/mol. The summed E-state index contributed by atoms with van der Waals surface area (Å²) in [6.07, 6.45) is 2.57. The van der Waals surface area contributed by atoms with Crippen LogP contribution in [0.3, 0.4) is 0 Å². The highest BCUT2D eigenvalue weighted by molar-refractivity contribution is 7.17. The summed E-state index contributed by atoms with van der Waals surface area (Å²) in [5.41, 5.74) is 2.13. The number of nitrogens with zero attached hydrogens (tertiary/aromatic N) is 1. The van der Waals surface area contributed by atoms with Gasteiger partial charge in [-0.1, -0.05) is 32.4 Å². The highest BCUT2D eigenvalue weighted by Crippen LogP contribution is 2.44. The molecule has 0 saturated heterocycles. The van der Waals surface area contributed by atoms with E-state index in [1.165, 1.54) is 35.6 Å². The van der Waals surface area contributed by atoms with Gasteiger partial charge in [-0.2, -0.15) is 0 Å². The van der Waals surface area contributed by atoms with Gasteiger partial charge < -0.3 is 15.4 Å². The molecule has 1 aromatic heterocycles. The first-order valence-corrected chi connectivity index (χ1v) is 13.1. The third-order valence-electron chi connectivity index (χ3n) is 6.49. The first-order chi connectivity index (χ1) is 17.5. The van der Waals surface area contributed by atoms with Crippen molar-refractivity contribution >= 4 is 51.1 Å². The average Bonchev–Trinajstić information content (AvgIpc) is 3.21. The lowest BCUT2D eigenvalue weighted by Crippen LogP contribution is -2.27. The van der Waals surface area contributed by atoms with Crippen LogP contribution in [-0.2, 0) is 17.6 Å². The van der Waals surface area contributed by atoms with Crippen LogP contribution in [-0.4, -0.2) is 23.3 Å². The van der Waals surface area contributed by atoms with Crippen LogP contribution in [0.1, 0.15) is 48.0 Å². The number of rotatable bonds is 7. The predicted octanol–water partition coefficient (Wildman–Crippen LogP) is 6.73. The van der Waals surface area contributed by atoms with Gasteiger partial charge in [0.25, 0.3) is 17.5 Å². The molecule has 2 N–H and O–H groups in total. The van der Waals surface area contributed by atoms with Crippen LogP contribution < -0.4 is 15.4 Å². The number of carbonyl (C=O) groups is 2. The van der Waals surface area contributed by atoms with Gasteiger partial charge in [-0.15, -0.1) is 11.3 Å². The molecule has 0 spiro atoms. The number of nitro groups is 1. The molecule has 3 aromatic rings. The van der Waals surface area contributed by atoms with E-state index in [1.54, 1.807) is 24.3 Å². The molecule has 2 aromatic carbocycles. The van der Waals surface area contributed by atoms with Crippen molar-refractivity contribution in [3.63, 3.8) is 0 Å². The highest BCUT2D eigenvalue weighted by Gasteiger charge is 2.34. The van der Waals surface area contributed by atoms with Crippen LogP contribution in [0, 0.1) is 21.4 Å². The van der Waals surface area contributed by atoms with Gasteiger partial charge >= 0.3 is 0 Å². The Morgan fingerprint density at radius 2 is 1.78 bits per heavy atom. The zero-order chi connectivity index (χ0) is 26.7. The third kappa shape index (κ3) is 6.47. The van der Waals surface area contributed by atoms with E-state index in [4.69, 9.17) is 16.3 Å². The zero-order valence-corrected chi connectivity index (χ0v) is 22.4. The smallest absolute Gasteiger partial charge is 0.269 e. The normalized spacial score (nSPS) is 15.0. The molecular weight excluding hydrogens is 514 g/mol. The maximum Gasteiger partial charge on any atom is 0.269 e. The SMILES string of the molecule is CC(C)(C)[C@@H]1CCc2c(sc(NC(=O)COc3ccc([N+](=O)[O-])cc3)c2C(=O)Nc2ccc(Cl)cc2)C1. The van der Waals surface area contributed by atoms with Crippen LogP contribution in [0.25, 0.3) is 0 Å². The summed E-state index contributed by atoms with van der Waals surface area (Å²) in [4.78, 5) is 37.6. The van der Waals surface area contributed by atoms with Crippen molar-refractivity contribution in [2.24, 2.45) is 11.3 Å². The van der Waals surface area contributed by atoms with E-state index in [1.807, 2.05) is 0 Å². The minimum atomic E-state index is -0.504. The number of nitrogens with one attached hydrogen (secondary N) is 2. The van der Waals surface area contributed by atoms with Gasteiger partial charge in [0, 0.05) is 27.7 Å². The maximum atomic E-state index is 13.4. The molecule has 194 valence electrons. The molecule has 0 bridgehead atoms. The monoisotopic (exact) mass is 541 g/mol. The highest BCUT2D eigenvalue weighted by atomic mass is 35.5. The van der Waals surface area contributed by atoms with E-state index in [-0.39, 0.29) is 23.6 Å². The van der Waals surface area contributed by atoms with E-state index >= 15 is 0 Å². The summed E-state index contributed by atoms with van der Waals surface area (Å²) >= 11 is 7.40. The second-order valence-corrected chi connectivity index (χ2v) is 11.6. The topological polar surface area (TPSA) is 111 Å². The number of hydrogen-bond donors (Lipinski definition) is 2. The molecule has 0 radical (unpaired) electrons. The van der Waals surface area contributed by atoms with Gasteiger partial charge in [-0.05, 0) is 72.6 Å². The third-order valence-corrected chi connectivity index (χ3v) is 7.91. The van der Waals surface area contributed by atoms with Crippen molar-refractivity contribution in [3.8, 4) is 5.75 Å². The Morgan fingerprint density at radius 1 is 1.11 bits per heavy atom. The van der Waals surface area contributed by atoms with Gasteiger partial charge in [-0.25, -0.2) is 0 Å². The molecule has 1 heterocycles. The Morgan fingerprint density at radius 3 is 2.41 bits per heavy atom. The summed E-state index contributed by atoms with van der Waals surface area (Å²) in [5, 5.41) is 17.7. The number of nitro benzene ring substituents is 1. The van der Waals surface area contributed by atoms with Gasteiger partial charge in [-0.3, -0.25) is 19.7 Å². The maximum absolute atomic E-state index is 13.4. The molecule has 8 nitrogen and oxygen atoms in total. The quantitative estimate of drug-likeness (QED) is 0.254. The Bertz CT molecular complexity index is 1310. The molecule has 0 unspecified atom stereocenters. The minimum Gasteiger partial charge on any atom is -0.484 e. The Balaban J connectivity index is 1.54. The van der Waals surface area contributed by atoms with Crippen LogP contribution in [0.5, 0.6) is 5.75 Å². The van der Waals surface area contributed by atoms with Gasteiger partial charge in [0.15, 0.2) is 6.61 Å². The number of amides is 2. The van der Waals surface area contributed by atoms with Crippen LogP contribution in [0.4, 0.5) is 16.4 Å². The van der Waals surface area contributed by atoms with Crippen molar-refractivity contribution in [1.82, 2.24) is 0 Å². The molecule has 1 aliphatic rings. The van der Waals surface area contributed by atoms with Crippen LogP contribution in [0.2, 0.25) is 5.02 Å². The largest absolute Gasteiger partial charge is 0.484 e. The number of fused-ring (bicyclic) bond motifs is 1. The van der Waals surface area contributed by atoms with E-state index in [2.05, 4.69) is 31.4 Å². The van der Waals surface area contributed by atoms with Gasteiger partial charge in [0.1, 0.15) is 10.8 Å². The molecule has 1 aliphatic carbocycles. The number of thiophene rings is 1.